The van der Waals surface area contributed by atoms with Crippen LogP contribution in [0.1, 0.15) is 5.56 Å². The molecule has 0 saturated heterocycles. The number of nitrogens with zero attached hydrogens (tertiary/aromatic N) is 4. The van der Waals surface area contributed by atoms with Gasteiger partial charge < -0.3 is 5.32 Å². The first-order valence-corrected chi connectivity index (χ1v) is 7.55. The molecule has 0 radical (unpaired) electrons. The van der Waals surface area contributed by atoms with Gasteiger partial charge in [0.1, 0.15) is 0 Å². The van der Waals surface area contributed by atoms with Crippen LogP contribution < -0.4 is 5.32 Å². The van der Waals surface area contributed by atoms with Crippen LogP contribution in [0.4, 0.5) is 5.69 Å². The van der Waals surface area contributed by atoms with E-state index in [1.54, 1.807) is 24.3 Å². The van der Waals surface area contributed by atoms with Gasteiger partial charge in [-0.1, -0.05) is 23.8 Å². The Morgan fingerprint density at radius 1 is 1.38 bits per heavy atom. The molecule has 21 heavy (non-hydrogen) atoms. The van der Waals surface area contributed by atoms with Gasteiger partial charge in [0.15, 0.2) is 0 Å². The highest BCUT2D eigenvalue weighted by Crippen LogP contribution is 2.15. The fraction of sp³-hybridized carbons (Fsp3) is 0.167. The molecule has 8 nitrogen and oxygen atoms in total. The molecule has 0 fully saturated rings. The van der Waals surface area contributed by atoms with Crippen LogP contribution in [-0.2, 0) is 27.4 Å². The molecule has 0 saturated carbocycles. The third-order valence-corrected chi connectivity index (χ3v) is 4.24. The SMILES string of the molecule is C=CC(=O)Nc1ccc(CS(=O)(=O)c2nnnn2C)cc1. The lowest BCUT2D eigenvalue weighted by molar-refractivity contribution is -0.111. The number of carbonyl (C=O) groups excluding carboxylic acids is 1. The van der Waals surface area contributed by atoms with Gasteiger partial charge in [0.25, 0.3) is 5.16 Å². The second-order valence-electron chi connectivity index (χ2n) is 4.23. The van der Waals surface area contributed by atoms with Crippen molar-refractivity contribution < 1.29 is 13.2 Å². The second-order valence-corrected chi connectivity index (χ2v) is 6.12. The molecule has 0 aliphatic rings. The number of carbonyl (C=O) groups is 1. The highest BCUT2D eigenvalue weighted by atomic mass is 32.2. The molecule has 2 aromatic rings. The van der Waals surface area contributed by atoms with Gasteiger partial charge in [-0.2, -0.15) is 0 Å². The molecule has 1 heterocycles. The molecule has 9 heteroatoms. The Balaban J connectivity index is 2.15. The van der Waals surface area contributed by atoms with E-state index in [4.69, 9.17) is 0 Å². The summed E-state index contributed by atoms with van der Waals surface area (Å²) >= 11 is 0. The number of rotatable bonds is 5. The Labute approximate surface area is 121 Å². The lowest BCUT2D eigenvalue weighted by atomic mass is 10.2. The lowest BCUT2D eigenvalue weighted by Crippen LogP contribution is -2.12. The van der Waals surface area contributed by atoms with Crippen LogP contribution in [-0.4, -0.2) is 34.5 Å². The maximum atomic E-state index is 12.1. The highest BCUT2D eigenvalue weighted by molar-refractivity contribution is 7.90. The van der Waals surface area contributed by atoms with Crippen LogP contribution >= 0.6 is 0 Å². The van der Waals surface area contributed by atoms with Gasteiger partial charge >= 0.3 is 0 Å². The fourth-order valence-electron chi connectivity index (χ4n) is 1.65. The standard InChI is InChI=1S/C12H13N5O3S/c1-3-11(18)13-10-6-4-9(5-7-10)8-21(19,20)12-14-15-16-17(12)2/h3-7H,1,8H2,2H3,(H,13,18). The number of hydrogen-bond donors (Lipinski definition) is 1. The third-order valence-electron chi connectivity index (χ3n) is 2.62. The Kier molecular flexibility index (Phi) is 4.13. The number of sulfone groups is 1. The minimum atomic E-state index is -3.62. The summed E-state index contributed by atoms with van der Waals surface area (Å²) in [5, 5.41) is 12.7. The van der Waals surface area contributed by atoms with Crippen molar-refractivity contribution in [2.75, 3.05) is 5.32 Å². The molecular formula is C12H13N5O3S. The normalized spacial score (nSPS) is 11.1. The Hall–Kier alpha value is -2.55. The zero-order valence-electron chi connectivity index (χ0n) is 11.2. The summed E-state index contributed by atoms with van der Waals surface area (Å²) in [7, 11) is -2.16. The summed E-state index contributed by atoms with van der Waals surface area (Å²) in [6.07, 6.45) is 1.15. The van der Waals surface area contributed by atoms with E-state index in [1.807, 2.05) is 0 Å². The molecule has 0 aliphatic carbocycles. The van der Waals surface area contributed by atoms with Crippen molar-refractivity contribution in [2.45, 2.75) is 10.9 Å². The van der Waals surface area contributed by atoms with Gasteiger partial charge in [0.05, 0.1) is 5.75 Å². The van der Waals surface area contributed by atoms with Crippen molar-refractivity contribution in [3.05, 3.63) is 42.5 Å². The molecule has 110 valence electrons. The molecule has 1 N–H and O–H groups in total. The first-order chi connectivity index (χ1) is 9.92. The van der Waals surface area contributed by atoms with Gasteiger partial charge in [0, 0.05) is 12.7 Å². The van der Waals surface area contributed by atoms with Crippen LogP contribution in [0.3, 0.4) is 0 Å². The molecule has 0 atom stereocenters. The number of aromatic nitrogens is 4. The maximum Gasteiger partial charge on any atom is 0.267 e. The summed E-state index contributed by atoms with van der Waals surface area (Å²) < 4.78 is 25.4. The van der Waals surface area contributed by atoms with E-state index in [9.17, 15) is 13.2 Å². The largest absolute Gasteiger partial charge is 0.323 e. The number of benzene rings is 1. The predicted octanol–water partition coefficient (Wildman–Crippen LogP) is 0.308. The number of anilines is 1. The number of amides is 1. The lowest BCUT2D eigenvalue weighted by Gasteiger charge is -2.05. The van der Waals surface area contributed by atoms with E-state index in [0.717, 1.165) is 10.8 Å². The molecule has 1 amide bonds. The number of tetrazole rings is 1. The van der Waals surface area contributed by atoms with Crippen LogP contribution in [0.25, 0.3) is 0 Å². The quantitative estimate of drug-likeness (QED) is 0.797. The minimum absolute atomic E-state index is 0.188. The third kappa shape index (κ3) is 3.51. The monoisotopic (exact) mass is 307 g/mol. The van der Waals surface area contributed by atoms with Crippen molar-refractivity contribution in [3.63, 3.8) is 0 Å². The topological polar surface area (TPSA) is 107 Å². The van der Waals surface area contributed by atoms with E-state index in [2.05, 4.69) is 27.4 Å². The summed E-state index contributed by atoms with van der Waals surface area (Å²) in [6, 6.07) is 6.45. The molecule has 0 aliphatic heterocycles. The van der Waals surface area contributed by atoms with Crippen molar-refractivity contribution in [2.24, 2.45) is 7.05 Å². The minimum Gasteiger partial charge on any atom is -0.323 e. The van der Waals surface area contributed by atoms with Crippen LogP contribution in [0.5, 0.6) is 0 Å². The van der Waals surface area contributed by atoms with Crippen LogP contribution in [0.15, 0.2) is 42.1 Å². The molecule has 0 bridgehead atoms. The number of aryl methyl sites for hydroxylation is 1. The van der Waals surface area contributed by atoms with Gasteiger partial charge in [-0.3, -0.25) is 4.79 Å². The second kappa shape index (κ2) is 5.83. The zero-order chi connectivity index (χ0) is 15.5. The van der Waals surface area contributed by atoms with Crippen molar-refractivity contribution in [1.29, 1.82) is 0 Å². The highest BCUT2D eigenvalue weighted by Gasteiger charge is 2.21. The average Bonchev–Trinajstić information content (AvgIpc) is 2.87. The Bertz CT molecular complexity index is 764. The van der Waals surface area contributed by atoms with Gasteiger partial charge in [-0.25, -0.2) is 13.1 Å². The number of hydrogen-bond acceptors (Lipinski definition) is 6. The summed E-state index contributed by atoms with van der Waals surface area (Å²) in [5.74, 6) is -0.558. The van der Waals surface area contributed by atoms with Crippen LogP contribution in [0.2, 0.25) is 0 Å². The molecule has 1 aromatic carbocycles. The van der Waals surface area contributed by atoms with Gasteiger partial charge in [-0.05, 0) is 34.2 Å². The molecule has 0 unspecified atom stereocenters. The first kappa shape index (κ1) is 14.9. The van der Waals surface area contributed by atoms with Gasteiger partial charge in [-0.15, -0.1) is 0 Å². The number of nitrogens with one attached hydrogen (secondary N) is 1. The molecule has 0 spiro atoms. The summed E-state index contributed by atoms with van der Waals surface area (Å²) in [5.41, 5.74) is 1.12. The van der Waals surface area contributed by atoms with E-state index in [1.165, 1.54) is 7.05 Å². The van der Waals surface area contributed by atoms with E-state index in [0.29, 0.717) is 11.3 Å². The fourth-order valence-corrected chi connectivity index (χ4v) is 3.01. The van der Waals surface area contributed by atoms with E-state index >= 15 is 0 Å². The molecule has 2 rings (SSSR count). The summed E-state index contributed by atoms with van der Waals surface area (Å²) in [4.78, 5) is 11.1. The average molecular weight is 307 g/mol. The smallest absolute Gasteiger partial charge is 0.267 e. The predicted molar refractivity (Wildman–Crippen MR) is 75.0 cm³/mol. The van der Waals surface area contributed by atoms with E-state index in [-0.39, 0.29) is 16.8 Å². The zero-order valence-corrected chi connectivity index (χ0v) is 12.0. The van der Waals surface area contributed by atoms with Crippen molar-refractivity contribution in [1.82, 2.24) is 20.2 Å². The van der Waals surface area contributed by atoms with Gasteiger partial charge in [0.2, 0.25) is 15.7 Å². The van der Waals surface area contributed by atoms with E-state index < -0.39 is 9.84 Å². The van der Waals surface area contributed by atoms with Crippen LogP contribution in [0, 0.1) is 0 Å². The first-order valence-electron chi connectivity index (χ1n) is 5.90. The maximum absolute atomic E-state index is 12.1. The molecule has 1 aromatic heterocycles. The molecular weight excluding hydrogens is 294 g/mol. The summed E-state index contributed by atoms with van der Waals surface area (Å²) in [6.45, 7) is 3.35. The van der Waals surface area contributed by atoms with Crippen molar-refractivity contribution in [3.8, 4) is 0 Å². The van der Waals surface area contributed by atoms with Crippen molar-refractivity contribution >= 4 is 21.4 Å². The Morgan fingerprint density at radius 2 is 2.05 bits per heavy atom. The Morgan fingerprint density at radius 3 is 2.57 bits per heavy atom.